The largest absolute Gasteiger partial charge is 0.504 e. The van der Waals surface area contributed by atoms with Crippen molar-refractivity contribution in [2.75, 3.05) is 13.7 Å². The van der Waals surface area contributed by atoms with Gasteiger partial charge in [-0.15, -0.1) is 0 Å². The average Bonchev–Trinajstić information content (AvgIpc) is 3.16. The molecule has 126 valence electrons. The van der Waals surface area contributed by atoms with Gasteiger partial charge in [-0.25, -0.2) is 0 Å². The Bertz CT molecular complexity index is 799. The van der Waals surface area contributed by atoms with Gasteiger partial charge in [0, 0.05) is 17.7 Å². The van der Waals surface area contributed by atoms with E-state index >= 15 is 0 Å². The van der Waals surface area contributed by atoms with Crippen molar-refractivity contribution in [2.45, 2.75) is 19.6 Å². The van der Waals surface area contributed by atoms with Crippen LogP contribution >= 0.6 is 0 Å². The quantitative estimate of drug-likeness (QED) is 0.776. The van der Waals surface area contributed by atoms with E-state index in [1.807, 2.05) is 0 Å². The summed E-state index contributed by atoms with van der Waals surface area (Å²) in [5.74, 6) is -0.485. The van der Waals surface area contributed by atoms with Gasteiger partial charge in [0.1, 0.15) is 0 Å². The number of aromatic nitrogens is 2. The van der Waals surface area contributed by atoms with Crippen LogP contribution in [0.25, 0.3) is 0 Å². The highest BCUT2D eigenvalue weighted by atomic mass is 16.5. The van der Waals surface area contributed by atoms with E-state index in [4.69, 9.17) is 9.84 Å². The van der Waals surface area contributed by atoms with Crippen molar-refractivity contribution in [3.63, 3.8) is 0 Å². The van der Waals surface area contributed by atoms with Crippen LogP contribution in [0.1, 0.15) is 32.0 Å². The van der Waals surface area contributed by atoms with Crippen LogP contribution in [0.15, 0.2) is 18.3 Å². The van der Waals surface area contributed by atoms with Crippen LogP contribution < -0.4 is 4.74 Å². The zero-order chi connectivity index (χ0) is 17.3. The van der Waals surface area contributed by atoms with Crippen LogP contribution in [0.3, 0.4) is 0 Å². The SMILES string of the molecule is COc1cc(C(=O)N2Cc3cnn(CCO)c3C2)cc(C=O)c1O. The van der Waals surface area contributed by atoms with Gasteiger partial charge in [-0.1, -0.05) is 0 Å². The maximum atomic E-state index is 12.7. The van der Waals surface area contributed by atoms with E-state index in [1.165, 1.54) is 19.2 Å². The molecule has 1 amide bonds. The van der Waals surface area contributed by atoms with E-state index in [9.17, 15) is 14.7 Å². The lowest BCUT2D eigenvalue weighted by Crippen LogP contribution is -2.26. The Morgan fingerprint density at radius 2 is 2.21 bits per heavy atom. The molecule has 1 aliphatic heterocycles. The van der Waals surface area contributed by atoms with Crippen LogP contribution in [0.2, 0.25) is 0 Å². The number of aliphatic hydroxyl groups is 1. The predicted octanol–water partition coefficient (Wildman–Crippen LogP) is 0.558. The maximum Gasteiger partial charge on any atom is 0.254 e. The molecule has 1 aliphatic rings. The molecule has 2 N–H and O–H groups in total. The fourth-order valence-corrected chi connectivity index (χ4v) is 2.82. The number of amides is 1. The molecule has 0 spiro atoms. The second kappa shape index (κ2) is 6.32. The average molecular weight is 331 g/mol. The molecule has 8 nitrogen and oxygen atoms in total. The number of hydrogen-bond donors (Lipinski definition) is 2. The first-order valence-corrected chi connectivity index (χ1v) is 7.39. The summed E-state index contributed by atoms with van der Waals surface area (Å²) in [6.45, 7) is 1.12. The summed E-state index contributed by atoms with van der Waals surface area (Å²) in [5, 5.41) is 23.1. The molecule has 0 aliphatic carbocycles. The summed E-state index contributed by atoms with van der Waals surface area (Å²) in [6.07, 6.45) is 2.17. The normalized spacial score (nSPS) is 13.0. The number of aromatic hydroxyl groups is 1. The van der Waals surface area contributed by atoms with E-state index in [1.54, 1.807) is 15.8 Å². The number of carbonyl (C=O) groups excluding carboxylic acids is 2. The second-order valence-corrected chi connectivity index (χ2v) is 5.46. The van der Waals surface area contributed by atoms with Crippen molar-refractivity contribution in [2.24, 2.45) is 0 Å². The minimum absolute atomic E-state index is 0.000803. The lowest BCUT2D eigenvalue weighted by molar-refractivity contribution is 0.0747. The lowest BCUT2D eigenvalue weighted by Gasteiger charge is -2.17. The molecular weight excluding hydrogens is 314 g/mol. The highest BCUT2D eigenvalue weighted by Crippen LogP contribution is 2.32. The molecule has 3 rings (SSSR count). The Morgan fingerprint density at radius 3 is 2.88 bits per heavy atom. The number of benzene rings is 1. The molecule has 0 atom stereocenters. The van der Waals surface area contributed by atoms with Gasteiger partial charge in [-0.2, -0.15) is 5.10 Å². The zero-order valence-corrected chi connectivity index (χ0v) is 13.1. The standard InChI is InChI=1S/C16H17N3O5/c1-24-14-5-10(4-11(9-21)15(14)22)16(23)18-7-12-6-17-19(2-3-20)13(12)8-18/h4-6,9,20,22H,2-3,7-8H2,1H3. The zero-order valence-electron chi connectivity index (χ0n) is 13.1. The first-order valence-electron chi connectivity index (χ1n) is 7.39. The topological polar surface area (TPSA) is 105 Å². The number of aliphatic hydroxyl groups excluding tert-OH is 1. The molecule has 0 radical (unpaired) electrons. The highest BCUT2D eigenvalue weighted by molar-refractivity contribution is 5.97. The van der Waals surface area contributed by atoms with Crippen molar-refractivity contribution >= 4 is 12.2 Å². The maximum absolute atomic E-state index is 12.7. The summed E-state index contributed by atoms with van der Waals surface area (Å²) in [7, 11) is 1.35. The van der Waals surface area contributed by atoms with Gasteiger partial charge in [0.2, 0.25) is 0 Å². The van der Waals surface area contributed by atoms with Crippen molar-refractivity contribution in [3.8, 4) is 11.5 Å². The lowest BCUT2D eigenvalue weighted by atomic mass is 10.1. The first kappa shape index (κ1) is 16.0. The molecule has 1 aromatic heterocycles. The van der Waals surface area contributed by atoms with E-state index in [0.717, 1.165) is 11.3 Å². The summed E-state index contributed by atoms with van der Waals surface area (Å²) in [6, 6.07) is 2.75. The Morgan fingerprint density at radius 1 is 1.42 bits per heavy atom. The van der Waals surface area contributed by atoms with Gasteiger partial charge < -0.3 is 19.8 Å². The van der Waals surface area contributed by atoms with Crippen LogP contribution in [0.4, 0.5) is 0 Å². The van der Waals surface area contributed by atoms with Crippen LogP contribution in [0.5, 0.6) is 11.5 Å². The van der Waals surface area contributed by atoms with E-state index < -0.39 is 0 Å². The Balaban J connectivity index is 1.87. The van der Waals surface area contributed by atoms with Crippen LogP contribution in [-0.2, 0) is 19.6 Å². The number of phenolic OH excluding ortho intramolecular Hbond substituents is 1. The Labute approximate surface area is 137 Å². The summed E-state index contributed by atoms with van der Waals surface area (Å²) in [5.41, 5.74) is 2.08. The number of hydrogen-bond acceptors (Lipinski definition) is 6. The minimum Gasteiger partial charge on any atom is -0.504 e. The third-order valence-electron chi connectivity index (χ3n) is 4.03. The predicted molar refractivity (Wildman–Crippen MR) is 82.9 cm³/mol. The molecule has 24 heavy (non-hydrogen) atoms. The minimum atomic E-state index is -0.285. The third kappa shape index (κ3) is 2.61. The van der Waals surface area contributed by atoms with E-state index in [2.05, 4.69) is 5.10 Å². The molecule has 0 bridgehead atoms. The number of carbonyl (C=O) groups is 2. The number of rotatable bonds is 5. The molecule has 0 saturated heterocycles. The number of nitrogens with zero attached hydrogens (tertiary/aromatic N) is 3. The van der Waals surface area contributed by atoms with Gasteiger partial charge >= 0.3 is 0 Å². The van der Waals surface area contributed by atoms with Crippen molar-refractivity contribution in [1.29, 1.82) is 0 Å². The second-order valence-electron chi connectivity index (χ2n) is 5.46. The molecular formula is C16H17N3O5. The van der Waals surface area contributed by atoms with E-state index in [0.29, 0.717) is 25.9 Å². The number of fused-ring (bicyclic) bond motifs is 1. The van der Waals surface area contributed by atoms with Gasteiger partial charge in [-0.05, 0) is 12.1 Å². The first-order chi connectivity index (χ1) is 11.6. The monoisotopic (exact) mass is 331 g/mol. The van der Waals surface area contributed by atoms with Gasteiger partial charge in [0.15, 0.2) is 17.8 Å². The Hall–Kier alpha value is -2.87. The van der Waals surface area contributed by atoms with Crippen molar-refractivity contribution < 1.29 is 24.5 Å². The summed E-state index contributed by atoms with van der Waals surface area (Å²) >= 11 is 0. The summed E-state index contributed by atoms with van der Waals surface area (Å²) in [4.78, 5) is 25.4. The number of phenols is 1. The molecule has 0 saturated carbocycles. The fourth-order valence-electron chi connectivity index (χ4n) is 2.82. The molecule has 8 heteroatoms. The molecule has 0 fully saturated rings. The van der Waals surface area contributed by atoms with Gasteiger partial charge in [-0.3, -0.25) is 14.3 Å². The highest BCUT2D eigenvalue weighted by Gasteiger charge is 2.28. The van der Waals surface area contributed by atoms with E-state index in [-0.39, 0.29) is 35.1 Å². The third-order valence-corrected chi connectivity index (χ3v) is 4.03. The number of methoxy groups -OCH3 is 1. The number of ether oxygens (including phenoxy) is 1. The number of aldehydes is 1. The smallest absolute Gasteiger partial charge is 0.254 e. The van der Waals surface area contributed by atoms with Crippen molar-refractivity contribution in [3.05, 3.63) is 40.7 Å². The fraction of sp³-hybridized carbons (Fsp3) is 0.312. The molecule has 1 aromatic carbocycles. The Kier molecular flexibility index (Phi) is 4.22. The molecule has 0 unspecified atom stereocenters. The van der Waals surface area contributed by atoms with Crippen LogP contribution in [-0.4, -0.2) is 50.8 Å². The molecule has 2 heterocycles. The van der Waals surface area contributed by atoms with Crippen LogP contribution in [0, 0.1) is 0 Å². The van der Waals surface area contributed by atoms with Crippen molar-refractivity contribution in [1.82, 2.24) is 14.7 Å². The molecule has 2 aromatic rings. The summed E-state index contributed by atoms with van der Waals surface area (Å²) < 4.78 is 6.69. The van der Waals surface area contributed by atoms with Gasteiger partial charge in [0.05, 0.1) is 44.3 Å². The van der Waals surface area contributed by atoms with Gasteiger partial charge in [0.25, 0.3) is 5.91 Å².